The third-order valence-electron chi connectivity index (χ3n) is 2.45. The Morgan fingerprint density at radius 2 is 2.05 bits per heavy atom. The van der Waals surface area contributed by atoms with E-state index >= 15 is 0 Å². The first kappa shape index (κ1) is 13.2. The van der Waals surface area contributed by atoms with Gasteiger partial charge in [0.2, 0.25) is 0 Å². The van der Waals surface area contributed by atoms with E-state index in [0.29, 0.717) is 22.2 Å². The van der Waals surface area contributed by atoms with Gasteiger partial charge < -0.3 is 14.8 Å². The SMILES string of the molecule is COc1cc(OC)c(NC(=O)n2ccnc2)cc1Cl. The van der Waals surface area contributed by atoms with Gasteiger partial charge in [0.05, 0.1) is 24.9 Å². The molecule has 0 radical (unpaired) electrons. The smallest absolute Gasteiger partial charge is 0.331 e. The van der Waals surface area contributed by atoms with Crippen LogP contribution in [0.4, 0.5) is 10.5 Å². The van der Waals surface area contributed by atoms with Gasteiger partial charge in [-0.15, -0.1) is 0 Å². The van der Waals surface area contributed by atoms with Crippen LogP contribution < -0.4 is 14.8 Å². The predicted molar refractivity (Wildman–Crippen MR) is 71.2 cm³/mol. The second-order valence-electron chi connectivity index (χ2n) is 3.59. The third-order valence-corrected chi connectivity index (χ3v) is 2.75. The summed E-state index contributed by atoms with van der Waals surface area (Å²) < 4.78 is 11.6. The molecule has 19 heavy (non-hydrogen) atoms. The van der Waals surface area contributed by atoms with Crippen LogP contribution in [-0.2, 0) is 0 Å². The molecule has 1 aromatic carbocycles. The van der Waals surface area contributed by atoms with E-state index in [9.17, 15) is 4.79 Å². The van der Waals surface area contributed by atoms with Gasteiger partial charge in [-0.3, -0.25) is 4.57 Å². The Morgan fingerprint density at radius 1 is 1.32 bits per heavy atom. The van der Waals surface area contributed by atoms with Gasteiger partial charge in [0.25, 0.3) is 0 Å². The number of nitrogens with one attached hydrogen (secondary N) is 1. The van der Waals surface area contributed by atoms with Gasteiger partial charge in [-0.05, 0) is 6.07 Å². The summed E-state index contributed by atoms with van der Waals surface area (Å²) in [7, 11) is 3.00. The van der Waals surface area contributed by atoms with Crippen LogP contribution >= 0.6 is 11.6 Å². The van der Waals surface area contributed by atoms with Crippen molar-refractivity contribution >= 4 is 23.3 Å². The maximum atomic E-state index is 11.9. The van der Waals surface area contributed by atoms with Crippen molar-refractivity contribution in [3.63, 3.8) is 0 Å². The van der Waals surface area contributed by atoms with Crippen LogP contribution in [0.2, 0.25) is 5.02 Å². The zero-order chi connectivity index (χ0) is 13.8. The van der Waals surface area contributed by atoms with E-state index in [1.165, 1.54) is 37.5 Å². The highest BCUT2D eigenvalue weighted by molar-refractivity contribution is 6.32. The van der Waals surface area contributed by atoms with Crippen molar-refractivity contribution < 1.29 is 14.3 Å². The Labute approximate surface area is 114 Å². The lowest BCUT2D eigenvalue weighted by molar-refractivity contribution is 0.253. The van der Waals surface area contributed by atoms with E-state index in [2.05, 4.69) is 10.3 Å². The van der Waals surface area contributed by atoms with Crippen molar-refractivity contribution in [2.24, 2.45) is 0 Å². The zero-order valence-electron chi connectivity index (χ0n) is 10.4. The molecule has 7 heteroatoms. The number of carbonyl (C=O) groups is 1. The first-order valence-electron chi connectivity index (χ1n) is 5.36. The topological polar surface area (TPSA) is 65.4 Å². The third kappa shape index (κ3) is 2.79. The Hall–Kier alpha value is -2.21. The van der Waals surface area contributed by atoms with E-state index in [1.807, 2.05) is 0 Å². The zero-order valence-corrected chi connectivity index (χ0v) is 11.1. The quantitative estimate of drug-likeness (QED) is 0.939. The van der Waals surface area contributed by atoms with Crippen molar-refractivity contribution in [3.05, 3.63) is 35.9 Å². The normalized spacial score (nSPS) is 10.1. The van der Waals surface area contributed by atoms with Crippen LogP contribution in [-0.4, -0.2) is 29.8 Å². The Bertz CT molecular complexity index is 584. The largest absolute Gasteiger partial charge is 0.495 e. The van der Waals surface area contributed by atoms with Gasteiger partial charge in [0.1, 0.15) is 17.8 Å². The molecule has 0 aliphatic carbocycles. The molecule has 0 saturated heterocycles. The molecule has 2 aromatic rings. The summed E-state index contributed by atoms with van der Waals surface area (Å²) in [5.41, 5.74) is 0.451. The summed E-state index contributed by atoms with van der Waals surface area (Å²) in [6, 6.07) is 2.80. The molecule has 0 saturated carbocycles. The highest BCUT2D eigenvalue weighted by Crippen LogP contribution is 2.35. The molecule has 0 bridgehead atoms. The maximum absolute atomic E-state index is 11.9. The summed E-state index contributed by atoms with van der Waals surface area (Å²) in [4.78, 5) is 15.7. The Balaban J connectivity index is 2.29. The molecule has 6 nitrogen and oxygen atoms in total. The van der Waals surface area contributed by atoms with Crippen molar-refractivity contribution in [2.45, 2.75) is 0 Å². The minimum absolute atomic E-state index is 0.364. The molecule has 1 heterocycles. The summed E-state index contributed by atoms with van der Waals surface area (Å²) in [5, 5.41) is 3.05. The van der Waals surface area contributed by atoms with E-state index in [4.69, 9.17) is 21.1 Å². The number of rotatable bonds is 3. The fraction of sp³-hybridized carbons (Fsp3) is 0.167. The number of methoxy groups -OCH3 is 2. The predicted octanol–water partition coefficient (Wildman–Crippen LogP) is 2.63. The molecular weight excluding hydrogens is 270 g/mol. The number of halogens is 1. The molecule has 0 spiro atoms. The number of carbonyl (C=O) groups excluding carboxylic acids is 1. The van der Waals surface area contributed by atoms with Crippen molar-refractivity contribution in [1.82, 2.24) is 9.55 Å². The van der Waals surface area contributed by atoms with Crippen molar-refractivity contribution in [3.8, 4) is 11.5 Å². The number of hydrogen-bond donors (Lipinski definition) is 1. The monoisotopic (exact) mass is 281 g/mol. The van der Waals surface area contributed by atoms with Crippen LogP contribution in [0.25, 0.3) is 0 Å². The molecular formula is C12H12ClN3O3. The molecule has 0 unspecified atom stereocenters. The van der Waals surface area contributed by atoms with Crippen LogP contribution in [0, 0.1) is 0 Å². The summed E-state index contributed by atoms with van der Waals surface area (Å²) in [6.45, 7) is 0. The fourth-order valence-corrected chi connectivity index (χ4v) is 1.76. The first-order valence-corrected chi connectivity index (χ1v) is 5.74. The lowest BCUT2D eigenvalue weighted by atomic mass is 10.2. The number of aromatic nitrogens is 2. The van der Waals surface area contributed by atoms with Crippen LogP contribution in [0.15, 0.2) is 30.9 Å². The van der Waals surface area contributed by atoms with Gasteiger partial charge in [0.15, 0.2) is 0 Å². The second-order valence-corrected chi connectivity index (χ2v) is 3.99. The highest BCUT2D eigenvalue weighted by atomic mass is 35.5. The van der Waals surface area contributed by atoms with E-state index in [1.54, 1.807) is 12.1 Å². The molecule has 100 valence electrons. The lowest BCUT2D eigenvalue weighted by Crippen LogP contribution is -2.18. The average molecular weight is 282 g/mol. The molecule has 0 aliphatic rings. The lowest BCUT2D eigenvalue weighted by Gasteiger charge is -2.13. The summed E-state index contributed by atoms with van der Waals surface area (Å²) in [5.74, 6) is 0.925. The average Bonchev–Trinajstić information content (AvgIpc) is 2.93. The molecule has 2 rings (SSSR count). The number of benzene rings is 1. The van der Waals surface area contributed by atoms with Gasteiger partial charge >= 0.3 is 6.03 Å². The van der Waals surface area contributed by atoms with Crippen molar-refractivity contribution in [1.29, 1.82) is 0 Å². The van der Waals surface area contributed by atoms with Gasteiger partial charge in [-0.25, -0.2) is 9.78 Å². The number of nitrogens with zero attached hydrogens (tertiary/aromatic N) is 2. The molecule has 0 fully saturated rings. The van der Waals surface area contributed by atoms with E-state index in [0.717, 1.165) is 0 Å². The minimum atomic E-state index is -0.364. The highest BCUT2D eigenvalue weighted by Gasteiger charge is 2.13. The van der Waals surface area contributed by atoms with Crippen LogP contribution in [0.3, 0.4) is 0 Å². The first-order chi connectivity index (χ1) is 9.15. The van der Waals surface area contributed by atoms with Crippen LogP contribution in [0.1, 0.15) is 0 Å². The Kier molecular flexibility index (Phi) is 3.91. The number of anilines is 1. The number of amides is 1. The van der Waals surface area contributed by atoms with Crippen molar-refractivity contribution in [2.75, 3.05) is 19.5 Å². The van der Waals surface area contributed by atoms with E-state index < -0.39 is 0 Å². The van der Waals surface area contributed by atoms with Gasteiger partial charge in [-0.1, -0.05) is 11.6 Å². The molecule has 1 N–H and O–H groups in total. The van der Waals surface area contributed by atoms with Crippen LogP contribution in [0.5, 0.6) is 11.5 Å². The molecule has 1 amide bonds. The number of hydrogen-bond acceptors (Lipinski definition) is 4. The number of ether oxygens (including phenoxy) is 2. The standard InChI is InChI=1S/C12H12ClN3O3/c1-18-10-6-11(19-2)9(5-8(10)13)15-12(17)16-4-3-14-7-16/h3-7H,1-2H3,(H,15,17). The summed E-state index contributed by atoms with van der Waals surface area (Å²) in [6.07, 6.45) is 4.44. The second kappa shape index (κ2) is 5.62. The molecule has 0 atom stereocenters. The van der Waals surface area contributed by atoms with Gasteiger partial charge in [0, 0.05) is 18.5 Å². The molecule has 1 aromatic heterocycles. The van der Waals surface area contributed by atoms with Gasteiger partial charge in [-0.2, -0.15) is 0 Å². The van der Waals surface area contributed by atoms with E-state index in [-0.39, 0.29) is 6.03 Å². The molecule has 0 aliphatic heterocycles. The minimum Gasteiger partial charge on any atom is -0.495 e. The Morgan fingerprint density at radius 3 is 2.63 bits per heavy atom. The number of imidazole rings is 1. The fourth-order valence-electron chi connectivity index (χ4n) is 1.52. The summed E-state index contributed by atoms with van der Waals surface area (Å²) >= 11 is 6.02. The maximum Gasteiger partial charge on any atom is 0.331 e.